The van der Waals surface area contributed by atoms with Crippen LogP contribution in [-0.4, -0.2) is 6.67 Å². The molecule has 2 saturated carbocycles. The molecule has 0 saturated heterocycles. The van der Waals surface area contributed by atoms with Crippen molar-refractivity contribution in [2.45, 2.75) is 63.7 Å². The van der Waals surface area contributed by atoms with Crippen molar-refractivity contribution in [2.75, 3.05) is 6.67 Å². The molecule has 0 spiro atoms. The minimum absolute atomic E-state index is 0.114. The number of hydrogen-bond donors (Lipinski definition) is 0. The molecule has 21 heavy (non-hydrogen) atoms. The van der Waals surface area contributed by atoms with Crippen LogP contribution >= 0.6 is 0 Å². The molecular weight excluding hydrogens is 259 g/mol. The molecule has 0 N–H and O–H groups in total. The van der Waals surface area contributed by atoms with Crippen molar-refractivity contribution in [3.8, 4) is 0 Å². The van der Waals surface area contributed by atoms with Crippen LogP contribution in [0.5, 0.6) is 0 Å². The van der Waals surface area contributed by atoms with E-state index in [9.17, 15) is 4.39 Å². The van der Waals surface area contributed by atoms with E-state index in [0.29, 0.717) is 5.92 Å². The minimum Gasteiger partial charge on any atom is -0.251 e. The lowest BCUT2D eigenvalue weighted by Crippen LogP contribution is -2.25. The van der Waals surface area contributed by atoms with Crippen molar-refractivity contribution in [3.05, 3.63) is 35.9 Å². The van der Waals surface area contributed by atoms with Gasteiger partial charge in [0.2, 0.25) is 0 Å². The first kappa shape index (κ1) is 15.1. The summed E-state index contributed by atoms with van der Waals surface area (Å²) >= 11 is 0. The standard InChI is InChI=1S/C20H29F/c21-15-14-16-6-8-18(9-7-16)20-12-10-19(11-13-20)17-4-2-1-3-5-17/h1-5,16,18-20H,6-15H2. The number of benzene rings is 1. The smallest absolute Gasteiger partial charge is 0.0897 e. The van der Waals surface area contributed by atoms with Crippen molar-refractivity contribution in [3.63, 3.8) is 0 Å². The van der Waals surface area contributed by atoms with Gasteiger partial charge in [0.15, 0.2) is 0 Å². The highest BCUT2D eigenvalue weighted by Crippen LogP contribution is 2.44. The van der Waals surface area contributed by atoms with Crippen LogP contribution in [0.2, 0.25) is 0 Å². The van der Waals surface area contributed by atoms with E-state index in [1.807, 2.05) is 0 Å². The molecule has 1 aromatic carbocycles. The van der Waals surface area contributed by atoms with Gasteiger partial charge in [-0.3, -0.25) is 4.39 Å². The fourth-order valence-electron chi connectivity index (χ4n) is 4.75. The maximum Gasteiger partial charge on any atom is 0.0897 e. The summed E-state index contributed by atoms with van der Waals surface area (Å²) in [5.74, 6) is 3.38. The van der Waals surface area contributed by atoms with E-state index in [1.54, 1.807) is 5.56 Å². The number of alkyl halides is 1. The van der Waals surface area contributed by atoms with E-state index in [4.69, 9.17) is 0 Å². The maximum atomic E-state index is 12.4. The van der Waals surface area contributed by atoms with E-state index >= 15 is 0 Å². The molecule has 3 rings (SSSR count). The fourth-order valence-corrected chi connectivity index (χ4v) is 4.75. The SMILES string of the molecule is FCCC1CCC(C2CCC(c3ccccc3)CC2)CC1. The van der Waals surface area contributed by atoms with Crippen molar-refractivity contribution in [1.82, 2.24) is 0 Å². The molecule has 0 amide bonds. The topological polar surface area (TPSA) is 0 Å². The van der Waals surface area contributed by atoms with Gasteiger partial charge in [-0.2, -0.15) is 0 Å². The zero-order valence-electron chi connectivity index (χ0n) is 13.1. The number of rotatable bonds is 4. The van der Waals surface area contributed by atoms with Gasteiger partial charge in [0.1, 0.15) is 0 Å². The molecule has 0 aromatic heterocycles. The van der Waals surface area contributed by atoms with Gasteiger partial charge in [0.25, 0.3) is 0 Å². The van der Waals surface area contributed by atoms with Crippen LogP contribution in [0.4, 0.5) is 4.39 Å². The second-order valence-corrected chi connectivity index (χ2v) is 7.28. The lowest BCUT2D eigenvalue weighted by molar-refractivity contribution is 0.153. The Hall–Kier alpha value is -0.850. The van der Waals surface area contributed by atoms with Gasteiger partial charge < -0.3 is 0 Å². The number of halogens is 1. The molecule has 0 atom stereocenters. The van der Waals surface area contributed by atoms with Gasteiger partial charge in [-0.05, 0) is 74.2 Å². The van der Waals surface area contributed by atoms with Crippen molar-refractivity contribution >= 4 is 0 Å². The lowest BCUT2D eigenvalue weighted by atomic mass is 9.68. The molecule has 116 valence electrons. The minimum atomic E-state index is -0.114. The molecule has 2 aliphatic rings. The third-order valence-corrected chi connectivity index (χ3v) is 6.12. The zero-order chi connectivity index (χ0) is 14.5. The van der Waals surface area contributed by atoms with E-state index in [0.717, 1.165) is 24.2 Å². The Morgan fingerprint density at radius 1 is 0.762 bits per heavy atom. The van der Waals surface area contributed by atoms with Crippen molar-refractivity contribution < 1.29 is 4.39 Å². The lowest BCUT2D eigenvalue weighted by Gasteiger charge is -2.38. The first-order valence-corrected chi connectivity index (χ1v) is 8.97. The van der Waals surface area contributed by atoms with Crippen LogP contribution < -0.4 is 0 Å². The highest BCUT2D eigenvalue weighted by Gasteiger charge is 2.31. The highest BCUT2D eigenvalue weighted by molar-refractivity contribution is 5.19. The van der Waals surface area contributed by atoms with E-state index in [2.05, 4.69) is 30.3 Å². The average Bonchev–Trinajstić information content (AvgIpc) is 2.57. The molecule has 2 aliphatic carbocycles. The molecule has 0 aliphatic heterocycles. The predicted octanol–water partition coefficient (Wildman–Crippen LogP) is 6.13. The molecule has 0 heterocycles. The predicted molar refractivity (Wildman–Crippen MR) is 87.2 cm³/mol. The molecule has 1 heteroatoms. The second-order valence-electron chi connectivity index (χ2n) is 7.28. The summed E-state index contributed by atoms with van der Waals surface area (Å²) in [6.45, 7) is -0.114. The molecule has 1 aromatic rings. The Labute approximate surface area is 129 Å². The summed E-state index contributed by atoms with van der Waals surface area (Å²) < 4.78 is 12.4. The van der Waals surface area contributed by atoms with E-state index in [1.165, 1.54) is 51.4 Å². The van der Waals surface area contributed by atoms with Gasteiger partial charge in [-0.15, -0.1) is 0 Å². The largest absolute Gasteiger partial charge is 0.251 e. The molecule has 0 bridgehead atoms. The molecule has 0 nitrogen and oxygen atoms in total. The quantitative estimate of drug-likeness (QED) is 0.625. The van der Waals surface area contributed by atoms with Crippen molar-refractivity contribution in [2.24, 2.45) is 17.8 Å². The Bertz CT molecular complexity index is 397. The van der Waals surface area contributed by atoms with E-state index in [-0.39, 0.29) is 6.67 Å². The Morgan fingerprint density at radius 2 is 1.33 bits per heavy atom. The van der Waals surface area contributed by atoms with Crippen LogP contribution in [0, 0.1) is 17.8 Å². The van der Waals surface area contributed by atoms with Gasteiger partial charge in [-0.1, -0.05) is 43.2 Å². The van der Waals surface area contributed by atoms with Gasteiger partial charge in [0, 0.05) is 0 Å². The average molecular weight is 288 g/mol. The third kappa shape index (κ3) is 3.87. The second kappa shape index (κ2) is 7.42. The summed E-state index contributed by atoms with van der Waals surface area (Å²) in [5.41, 5.74) is 1.54. The fraction of sp³-hybridized carbons (Fsp3) is 0.700. The first-order chi connectivity index (χ1) is 10.4. The summed E-state index contributed by atoms with van der Waals surface area (Å²) in [5, 5.41) is 0. The number of hydrogen-bond acceptors (Lipinski definition) is 0. The summed E-state index contributed by atoms with van der Waals surface area (Å²) in [6, 6.07) is 11.1. The zero-order valence-corrected chi connectivity index (χ0v) is 13.1. The summed E-state index contributed by atoms with van der Waals surface area (Å²) in [7, 11) is 0. The Kier molecular flexibility index (Phi) is 5.32. The van der Waals surface area contributed by atoms with Crippen LogP contribution in [0.3, 0.4) is 0 Å². The third-order valence-electron chi connectivity index (χ3n) is 6.12. The monoisotopic (exact) mass is 288 g/mol. The van der Waals surface area contributed by atoms with E-state index < -0.39 is 0 Å². The van der Waals surface area contributed by atoms with Gasteiger partial charge in [0.05, 0.1) is 6.67 Å². The maximum absolute atomic E-state index is 12.4. The summed E-state index contributed by atoms with van der Waals surface area (Å²) in [4.78, 5) is 0. The normalized spacial score (nSPS) is 33.8. The van der Waals surface area contributed by atoms with Crippen LogP contribution in [0.1, 0.15) is 69.3 Å². The van der Waals surface area contributed by atoms with Crippen molar-refractivity contribution in [1.29, 1.82) is 0 Å². The highest BCUT2D eigenvalue weighted by atomic mass is 19.1. The molecule has 0 radical (unpaired) electrons. The van der Waals surface area contributed by atoms with Gasteiger partial charge in [-0.25, -0.2) is 0 Å². The molecule has 0 unspecified atom stereocenters. The van der Waals surface area contributed by atoms with Gasteiger partial charge >= 0.3 is 0 Å². The Morgan fingerprint density at radius 3 is 1.90 bits per heavy atom. The summed E-state index contributed by atoms with van der Waals surface area (Å²) in [6.07, 6.45) is 11.7. The molecular formula is C20H29F. The van der Waals surface area contributed by atoms with Crippen LogP contribution in [-0.2, 0) is 0 Å². The van der Waals surface area contributed by atoms with Crippen LogP contribution in [0.15, 0.2) is 30.3 Å². The Balaban J connectivity index is 1.46. The molecule has 2 fully saturated rings. The first-order valence-electron chi connectivity index (χ1n) is 8.97. The van der Waals surface area contributed by atoms with Crippen LogP contribution in [0.25, 0.3) is 0 Å².